The predicted molar refractivity (Wildman–Crippen MR) is 62.0 cm³/mol. The number of benzene rings is 1. The number of hydrogen-bond donors (Lipinski definition) is 2. The molecule has 0 bridgehead atoms. The van der Waals surface area contributed by atoms with Crippen LogP contribution in [0.4, 0.5) is 10.1 Å². The molecule has 0 aromatic heterocycles. The van der Waals surface area contributed by atoms with Gasteiger partial charge in [-0.2, -0.15) is 0 Å². The van der Waals surface area contributed by atoms with Crippen LogP contribution in [0.2, 0.25) is 0 Å². The van der Waals surface area contributed by atoms with Gasteiger partial charge in [0.25, 0.3) is 5.91 Å². The van der Waals surface area contributed by atoms with E-state index in [9.17, 15) is 14.0 Å². The van der Waals surface area contributed by atoms with Crippen LogP contribution in [-0.4, -0.2) is 42.6 Å². The molecule has 0 unspecified atom stereocenters. The van der Waals surface area contributed by atoms with Gasteiger partial charge in [0.15, 0.2) is 12.4 Å². The molecular weight excluding hydrogens is 243 g/mol. The molecule has 3 N–H and O–H groups in total. The number of carbonyl (C=O) groups excluding carboxylic acids is 1. The Morgan fingerprint density at radius 1 is 1.44 bits per heavy atom. The fourth-order valence-corrected chi connectivity index (χ4v) is 1.13. The van der Waals surface area contributed by atoms with Crippen molar-refractivity contribution in [3.8, 4) is 5.75 Å². The Morgan fingerprint density at radius 3 is 2.56 bits per heavy atom. The number of anilines is 1. The van der Waals surface area contributed by atoms with E-state index in [0.29, 0.717) is 0 Å². The third-order valence-electron chi connectivity index (χ3n) is 2.19. The molecule has 0 saturated heterocycles. The zero-order valence-corrected chi connectivity index (χ0v) is 9.94. The van der Waals surface area contributed by atoms with Crippen LogP contribution in [-0.2, 0) is 4.79 Å². The summed E-state index contributed by atoms with van der Waals surface area (Å²) in [4.78, 5) is 23.3. The van der Waals surface area contributed by atoms with Crippen LogP contribution in [0.15, 0.2) is 12.1 Å². The summed E-state index contributed by atoms with van der Waals surface area (Å²) in [5.41, 5.74) is 4.41. The lowest BCUT2D eigenvalue weighted by Crippen LogP contribution is -2.27. The van der Waals surface area contributed by atoms with E-state index in [4.69, 9.17) is 15.6 Å². The molecular formula is C11H13FN2O4. The first-order chi connectivity index (χ1) is 8.32. The molecule has 7 heteroatoms. The summed E-state index contributed by atoms with van der Waals surface area (Å²) in [7, 11) is 3.08. The molecule has 98 valence electrons. The zero-order chi connectivity index (χ0) is 13.9. The Labute approximate surface area is 103 Å². The topological polar surface area (TPSA) is 92.9 Å². The quantitative estimate of drug-likeness (QED) is 0.768. The summed E-state index contributed by atoms with van der Waals surface area (Å²) in [5, 5.41) is 8.80. The minimum Gasteiger partial charge on any atom is -0.484 e. The highest BCUT2D eigenvalue weighted by Crippen LogP contribution is 2.23. The number of ether oxygens (including phenoxy) is 1. The summed E-state index contributed by atoms with van der Waals surface area (Å²) in [5.74, 6) is -2.66. The molecule has 1 rings (SSSR count). The Bertz CT molecular complexity index is 488. The van der Waals surface area contributed by atoms with E-state index in [0.717, 1.165) is 12.1 Å². The Balaban J connectivity index is 2.91. The van der Waals surface area contributed by atoms with Crippen molar-refractivity contribution in [2.45, 2.75) is 0 Å². The average molecular weight is 256 g/mol. The van der Waals surface area contributed by atoms with E-state index in [1.165, 1.54) is 19.0 Å². The van der Waals surface area contributed by atoms with Crippen molar-refractivity contribution >= 4 is 17.6 Å². The summed E-state index contributed by atoms with van der Waals surface area (Å²) in [6.45, 7) is -0.310. The standard InChI is InChI=1S/C11H13FN2O4/c1-14(2)9(15)5-18-6-3-7(11(16)17)10(13)8(12)4-6/h3-4H,5,13H2,1-2H3,(H,16,17). The summed E-state index contributed by atoms with van der Waals surface area (Å²) in [6, 6.07) is 2.01. The maximum absolute atomic E-state index is 13.3. The van der Waals surface area contributed by atoms with E-state index < -0.39 is 23.0 Å². The van der Waals surface area contributed by atoms with Crippen molar-refractivity contribution in [2.24, 2.45) is 0 Å². The maximum atomic E-state index is 13.3. The third kappa shape index (κ3) is 3.09. The van der Waals surface area contributed by atoms with Gasteiger partial charge in [-0.1, -0.05) is 0 Å². The molecule has 18 heavy (non-hydrogen) atoms. The highest BCUT2D eigenvalue weighted by atomic mass is 19.1. The maximum Gasteiger partial charge on any atom is 0.338 e. The Kier molecular flexibility index (Phi) is 4.09. The molecule has 0 heterocycles. The van der Waals surface area contributed by atoms with Crippen LogP contribution in [0.5, 0.6) is 5.75 Å². The minimum absolute atomic E-state index is 0.0608. The molecule has 1 aromatic carbocycles. The smallest absolute Gasteiger partial charge is 0.338 e. The van der Waals surface area contributed by atoms with Crippen LogP contribution in [0.25, 0.3) is 0 Å². The van der Waals surface area contributed by atoms with Crippen LogP contribution < -0.4 is 10.5 Å². The number of aromatic carboxylic acids is 1. The van der Waals surface area contributed by atoms with E-state index in [2.05, 4.69) is 0 Å². The van der Waals surface area contributed by atoms with E-state index in [-0.39, 0.29) is 18.3 Å². The van der Waals surface area contributed by atoms with Crippen LogP contribution in [0.3, 0.4) is 0 Å². The monoisotopic (exact) mass is 256 g/mol. The fraction of sp³-hybridized carbons (Fsp3) is 0.273. The van der Waals surface area contributed by atoms with Gasteiger partial charge < -0.3 is 20.5 Å². The van der Waals surface area contributed by atoms with Gasteiger partial charge in [0, 0.05) is 20.2 Å². The van der Waals surface area contributed by atoms with Gasteiger partial charge in [-0.25, -0.2) is 9.18 Å². The van der Waals surface area contributed by atoms with E-state index in [1.54, 1.807) is 0 Å². The van der Waals surface area contributed by atoms with Crippen LogP contribution in [0.1, 0.15) is 10.4 Å². The number of hydrogen-bond acceptors (Lipinski definition) is 4. The molecule has 0 aliphatic heterocycles. The first kappa shape index (κ1) is 13.8. The second-order valence-corrected chi connectivity index (χ2v) is 3.75. The van der Waals surface area contributed by atoms with Gasteiger partial charge in [-0.3, -0.25) is 4.79 Å². The largest absolute Gasteiger partial charge is 0.484 e. The van der Waals surface area contributed by atoms with Crippen molar-refractivity contribution in [2.75, 3.05) is 26.4 Å². The van der Waals surface area contributed by atoms with Crippen molar-refractivity contribution in [1.82, 2.24) is 4.90 Å². The fourth-order valence-electron chi connectivity index (χ4n) is 1.13. The summed E-state index contributed by atoms with van der Waals surface area (Å²) in [6.07, 6.45) is 0. The molecule has 1 amide bonds. The Hall–Kier alpha value is -2.31. The van der Waals surface area contributed by atoms with Gasteiger partial charge in [0.1, 0.15) is 5.75 Å². The van der Waals surface area contributed by atoms with Crippen LogP contribution in [0, 0.1) is 5.82 Å². The number of nitrogen functional groups attached to an aromatic ring is 1. The second kappa shape index (κ2) is 5.35. The lowest BCUT2D eigenvalue weighted by Gasteiger charge is -2.12. The van der Waals surface area contributed by atoms with E-state index in [1.807, 2.05) is 0 Å². The number of carbonyl (C=O) groups is 2. The first-order valence-corrected chi connectivity index (χ1v) is 4.98. The van der Waals surface area contributed by atoms with Gasteiger partial charge in [-0.05, 0) is 6.07 Å². The molecule has 0 saturated carbocycles. The SMILES string of the molecule is CN(C)C(=O)COc1cc(F)c(N)c(C(=O)O)c1. The van der Waals surface area contributed by atoms with Crippen molar-refractivity contribution in [3.63, 3.8) is 0 Å². The molecule has 0 aliphatic carbocycles. The molecule has 0 atom stereocenters. The highest BCUT2D eigenvalue weighted by Gasteiger charge is 2.15. The van der Waals surface area contributed by atoms with Crippen molar-refractivity contribution in [3.05, 3.63) is 23.5 Å². The average Bonchev–Trinajstić information content (AvgIpc) is 2.29. The van der Waals surface area contributed by atoms with Gasteiger partial charge in [0.05, 0.1) is 11.3 Å². The zero-order valence-electron chi connectivity index (χ0n) is 9.94. The molecule has 0 spiro atoms. The van der Waals surface area contributed by atoms with E-state index >= 15 is 0 Å². The van der Waals surface area contributed by atoms with Gasteiger partial charge >= 0.3 is 5.97 Å². The van der Waals surface area contributed by atoms with Crippen molar-refractivity contribution < 1.29 is 23.8 Å². The second-order valence-electron chi connectivity index (χ2n) is 3.75. The normalized spacial score (nSPS) is 9.94. The Morgan fingerprint density at radius 2 is 2.06 bits per heavy atom. The highest BCUT2D eigenvalue weighted by molar-refractivity contribution is 5.94. The number of likely N-dealkylation sites (N-methyl/N-ethyl adjacent to an activating group) is 1. The van der Waals surface area contributed by atoms with Gasteiger partial charge in [0.2, 0.25) is 0 Å². The van der Waals surface area contributed by atoms with Crippen molar-refractivity contribution in [1.29, 1.82) is 0 Å². The first-order valence-electron chi connectivity index (χ1n) is 4.98. The molecule has 6 nitrogen and oxygen atoms in total. The number of carboxylic acid groups (broad SMARTS) is 1. The van der Waals surface area contributed by atoms with Crippen LogP contribution >= 0.6 is 0 Å². The number of nitrogens with zero attached hydrogens (tertiary/aromatic N) is 1. The molecule has 0 radical (unpaired) electrons. The number of halogens is 1. The summed E-state index contributed by atoms with van der Waals surface area (Å²) < 4.78 is 18.3. The number of nitrogens with two attached hydrogens (primary N) is 1. The third-order valence-corrected chi connectivity index (χ3v) is 2.19. The molecule has 0 fully saturated rings. The predicted octanol–water partition coefficient (Wildman–Crippen LogP) is 0.573. The van der Waals surface area contributed by atoms with Gasteiger partial charge in [-0.15, -0.1) is 0 Å². The lowest BCUT2D eigenvalue weighted by molar-refractivity contribution is -0.130. The molecule has 1 aromatic rings. The molecule has 0 aliphatic rings. The minimum atomic E-state index is -1.37. The number of carboxylic acids is 1. The lowest BCUT2D eigenvalue weighted by atomic mass is 10.1. The number of rotatable bonds is 4. The summed E-state index contributed by atoms with van der Waals surface area (Å²) >= 11 is 0. The number of amides is 1.